The maximum atomic E-state index is 13.4. The van der Waals surface area contributed by atoms with Crippen LogP contribution in [-0.4, -0.2) is 39.8 Å². The van der Waals surface area contributed by atoms with Gasteiger partial charge in [0.25, 0.3) is 0 Å². The molecule has 6 nitrogen and oxygen atoms in total. The molecule has 2 aromatic carbocycles. The van der Waals surface area contributed by atoms with Gasteiger partial charge in [0.2, 0.25) is 0 Å². The number of halogens is 1. The Kier molecular flexibility index (Phi) is 4.67. The molecule has 0 saturated carbocycles. The van der Waals surface area contributed by atoms with Crippen LogP contribution in [0, 0.1) is 5.82 Å². The molecule has 0 spiro atoms. The largest absolute Gasteiger partial charge is 0.387 e. The summed E-state index contributed by atoms with van der Waals surface area (Å²) < 4.78 is 15.2. The van der Waals surface area contributed by atoms with Crippen LogP contribution in [0.3, 0.4) is 0 Å². The maximum Gasteiger partial charge on any atom is 0.326 e. The van der Waals surface area contributed by atoms with E-state index < -0.39 is 0 Å². The summed E-state index contributed by atoms with van der Waals surface area (Å²) in [7, 11) is 0. The minimum Gasteiger partial charge on any atom is -0.387 e. The summed E-state index contributed by atoms with van der Waals surface area (Å²) in [5.41, 5.74) is 3.39. The molecular weight excluding hydrogens is 371 g/mol. The van der Waals surface area contributed by atoms with Crippen molar-refractivity contribution in [3.05, 3.63) is 70.4 Å². The summed E-state index contributed by atoms with van der Waals surface area (Å²) in [6, 6.07) is 14.8. The number of rotatable bonds is 4. The van der Waals surface area contributed by atoms with Crippen LogP contribution in [0.1, 0.15) is 37.0 Å². The highest BCUT2D eigenvalue weighted by Crippen LogP contribution is 2.29. The Morgan fingerprint density at radius 2 is 1.93 bits per heavy atom. The van der Waals surface area contributed by atoms with Crippen LogP contribution in [0.4, 0.5) is 4.39 Å². The Balaban J connectivity index is 1.21. The average molecular weight is 394 g/mol. The first-order valence-corrected chi connectivity index (χ1v) is 10.1. The summed E-state index contributed by atoms with van der Waals surface area (Å²) in [4.78, 5) is 23.2. The van der Waals surface area contributed by atoms with Crippen LogP contribution in [0.5, 0.6) is 0 Å². The second-order valence-corrected chi connectivity index (χ2v) is 7.84. The van der Waals surface area contributed by atoms with E-state index in [4.69, 9.17) is 4.84 Å². The molecule has 5 rings (SSSR count). The topological polar surface area (TPSA) is 62.6 Å². The van der Waals surface area contributed by atoms with Crippen LogP contribution in [0.25, 0.3) is 11.0 Å². The Morgan fingerprint density at radius 3 is 2.72 bits per heavy atom. The zero-order valence-electron chi connectivity index (χ0n) is 16.1. The molecule has 1 aromatic heterocycles. The molecule has 3 heterocycles. The van der Waals surface area contributed by atoms with Crippen LogP contribution in [0.15, 0.2) is 58.5 Å². The van der Waals surface area contributed by atoms with Crippen LogP contribution in [-0.2, 0) is 4.84 Å². The molecule has 1 N–H and O–H groups in total. The van der Waals surface area contributed by atoms with Gasteiger partial charge in [0.05, 0.1) is 16.7 Å². The number of benzene rings is 2. The molecule has 3 aromatic rings. The molecule has 0 aliphatic carbocycles. The molecule has 150 valence electrons. The van der Waals surface area contributed by atoms with Crippen molar-refractivity contribution >= 4 is 16.7 Å². The molecule has 2 aliphatic rings. The fourth-order valence-electron chi connectivity index (χ4n) is 4.43. The lowest BCUT2D eigenvalue weighted by Crippen LogP contribution is -2.39. The van der Waals surface area contributed by atoms with E-state index in [9.17, 15) is 9.18 Å². The second kappa shape index (κ2) is 7.48. The fourth-order valence-corrected chi connectivity index (χ4v) is 4.43. The number of hydrogen-bond donors (Lipinski definition) is 1. The number of H-pyrrole nitrogens is 1. The van der Waals surface area contributed by atoms with Gasteiger partial charge in [0.15, 0.2) is 6.10 Å². The summed E-state index contributed by atoms with van der Waals surface area (Å²) in [5.74, 6) is -0.339. The minimum atomic E-state index is -0.339. The molecule has 2 aliphatic heterocycles. The van der Waals surface area contributed by atoms with E-state index in [2.05, 4.69) is 27.2 Å². The SMILES string of the molecule is O=c1[nH]c2cc(F)ccc2n1C1CCN(CC2=NOC(c3ccccc3)C2)CC1. The number of fused-ring (bicyclic) bond motifs is 1. The Labute approximate surface area is 167 Å². The summed E-state index contributed by atoms with van der Waals surface area (Å²) in [6.07, 6.45) is 2.58. The third-order valence-electron chi connectivity index (χ3n) is 5.91. The summed E-state index contributed by atoms with van der Waals surface area (Å²) in [6.45, 7) is 2.57. The highest BCUT2D eigenvalue weighted by atomic mass is 19.1. The van der Waals surface area contributed by atoms with Gasteiger partial charge in [-0.1, -0.05) is 35.5 Å². The first-order valence-electron chi connectivity index (χ1n) is 10.1. The number of imidazole rings is 1. The number of nitrogens with one attached hydrogen (secondary N) is 1. The van der Waals surface area contributed by atoms with Crippen LogP contribution < -0.4 is 5.69 Å². The highest BCUT2D eigenvalue weighted by molar-refractivity contribution is 5.87. The van der Waals surface area contributed by atoms with Gasteiger partial charge in [-0.15, -0.1) is 0 Å². The van der Waals surface area contributed by atoms with Crippen molar-refractivity contribution in [1.82, 2.24) is 14.5 Å². The van der Waals surface area contributed by atoms with Gasteiger partial charge in [0.1, 0.15) is 5.82 Å². The third kappa shape index (κ3) is 3.58. The first kappa shape index (κ1) is 18.1. The standard InChI is InChI=1S/C22H23FN4O2/c23-16-6-7-20-19(12-16)24-22(28)27(20)18-8-10-26(11-9-18)14-17-13-21(29-25-17)15-4-2-1-3-5-15/h1-7,12,18,21H,8-11,13-14H2,(H,24,28). The highest BCUT2D eigenvalue weighted by Gasteiger charge is 2.27. The molecule has 7 heteroatoms. The predicted molar refractivity (Wildman–Crippen MR) is 110 cm³/mol. The lowest BCUT2D eigenvalue weighted by Gasteiger charge is -2.32. The van der Waals surface area contributed by atoms with Crippen LogP contribution in [0.2, 0.25) is 0 Å². The van der Waals surface area contributed by atoms with E-state index in [1.54, 1.807) is 10.6 Å². The lowest BCUT2D eigenvalue weighted by molar-refractivity contribution is 0.0856. The van der Waals surface area contributed by atoms with E-state index in [-0.39, 0.29) is 23.7 Å². The molecule has 1 saturated heterocycles. The quantitative estimate of drug-likeness (QED) is 0.735. The third-order valence-corrected chi connectivity index (χ3v) is 5.91. The molecule has 0 bridgehead atoms. The number of likely N-dealkylation sites (tertiary alicyclic amines) is 1. The minimum absolute atomic E-state index is 0.00827. The number of piperidine rings is 1. The lowest BCUT2D eigenvalue weighted by atomic mass is 10.0. The van der Waals surface area contributed by atoms with Crippen molar-refractivity contribution in [1.29, 1.82) is 0 Å². The molecule has 0 amide bonds. The molecule has 1 unspecified atom stereocenters. The van der Waals surface area contributed by atoms with Gasteiger partial charge < -0.3 is 9.82 Å². The van der Waals surface area contributed by atoms with Crippen molar-refractivity contribution in [2.75, 3.05) is 19.6 Å². The van der Waals surface area contributed by atoms with Crippen molar-refractivity contribution < 1.29 is 9.23 Å². The Hall–Kier alpha value is -2.93. The number of aromatic nitrogens is 2. The van der Waals surface area contributed by atoms with Gasteiger partial charge in [-0.25, -0.2) is 9.18 Å². The Bertz CT molecular complexity index is 1100. The van der Waals surface area contributed by atoms with E-state index in [1.165, 1.54) is 12.1 Å². The van der Waals surface area contributed by atoms with E-state index in [1.807, 2.05) is 18.2 Å². The van der Waals surface area contributed by atoms with Crippen LogP contribution >= 0.6 is 0 Å². The Morgan fingerprint density at radius 1 is 1.14 bits per heavy atom. The number of nitrogens with zero attached hydrogens (tertiary/aromatic N) is 3. The van der Waals surface area contributed by atoms with Gasteiger partial charge in [-0.05, 0) is 36.6 Å². The zero-order valence-corrected chi connectivity index (χ0v) is 16.1. The second-order valence-electron chi connectivity index (χ2n) is 7.84. The van der Waals surface area contributed by atoms with Gasteiger partial charge in [-0.2, -0.15) is 0 Å². The summed E-state index contributed by atoms with van der Waals surface area (Å²) >= 11 is 0. The predicted octanol–water partition coefficient (Wildman–Crippen LogP) is 3.62. The van der Waals surface area contributed by atoms with E-state index in [0.29, 0.717) is 5.52 Å². The van der Waals surface area contributed by atoms with E-state index >= 15 is 0 Å². The molecule has 0 radical (unpaired) electrons. The van der Waals surface area contributed by atoms with Gasteiger partial charge in [0, 0.05) is 32.1 Å². The number of hydrogen-bond acceptors (Lipinski definition) is 4. The van der Waals surface area contributed by atoms with Gasteiger partial charge >= 0.3 is 5.69 Å². The van der Waals surface area contributed by atoms with Crippen molar-refractivity contribution in [3.63, 3.8) is 0 Å². The average Bonchev–Trinajstić information content (AvgIpc) is 3.33. The smallest absolute Gasteiger partial charge is 0.326 e. The number of aromatic amines is 1. The monoisotopic (exact) mass is 394 g/mol. The molecule has 1 fully saturated rings. The van der Waals surface area contributed by atoms with Gasteiger partial charge in [-0.3, -0.25) is 9.47 Å². The zero-order chi connectivity index (χ0) is 19.8. The normalized spacial score (nSPS) is 20.7. The first-order chi connectivity index (χ1) is 14.2. The maximum absolute atomic E-state index is 13.4. The summed E-state index contributed by atoms with van der Waals surface area (Å²) in [5, 5.41) is 4.30. The van der Waals surface area contributed by atoms with Crippen molar-refractivity contribution in [3.8, 4) is 0 Å². The fraction of sp³-hybridized carbons (Fsp3) is 0.364. The van der Waals surface area contributed by atoms with Crippen molar-refractivity contribution in [2.24, 2.45) is 5.16 Å². The van der Waals surface area contributed by atoms with Crippen molar-refractivity contribution in [2.45, 2.75) is 31.4 Å². The van der Waals surface area contributed by atoms with E-state index in [0.717, 1.165) is 55.7 Å². The number of oxime groups is 1. The molecular formula is C22H23FN4O2. The molecule has 1 atom stereocenters. The molecule has 29 heavy (non-hydrogen) atoms.